The molecule has 1 aromatic carbocycles. The van der Waals surface area contributed by atoms with Gasteiger partial charge >= 0.3 is 0 Å². The van der Waals surface area contributed by atoms with Gasteiger partial charge in [0, 0.05) is 17.1 Å². The number of aromatic amines is 1. The van der Waals surface area contributed by atoms with Gasteiger partial charge in [-0.05, 0) is 19.1 Å². The Balaban J connectivity index is 0.000000531. The van der Waals surface area contributed by atoms with Crippen LogP contribution < -0.4 is 4.74 Å². The third kappa shape index (κ3) is 2.26. The maximum Gasteiger partial charge on any atom is 0.120 e. The molecule has 0 radical (unpaired) electrons. The van der Waals surface area contributed by atoms with Crippen LogP contribution in [0.15, 0.2) is 18.2 Å². The molecule has 2 aromatic rings. The average molecular weight is 226 g/mol. The summed E-state index contributed by atoms with van der Waals surface area (Å²) in [4.78, 5) is 3.19. The van der Waals surface area contributed by atoms with Gasteiger partial charge in [-0.1, -0.05) is 25.4 Å². The highest BCUT2D eigenvalue weighted by Gasteiger charge is 2.05. The number of aryl methyl sites for hydroxylation is 1. The molecule has 1 heterocycles. The summed E-state index contributed by atoms with van der Waals surface area (Å²) in [6.45, 7) is 5.95. The lowest BCUT2D eigenvalue weighted by molar-refractivity contribution is 0.415. The van der Waals surface area contributed by atoms with Gasteiger partial charge in [0.2, 0.25) is 0 Å². The normalized spacial score (nSPS) is 9.67. The summed E-state index contributed by atoms with van der Waals surface area (Å²) in [5.74, 6) is 0.838. The van der Waals surface area contributed by atoms with E-state index in [4.69, 9.17) is 16.3 Å². The quantitative estimate of drug-likeness (QED) is 0.775. The van der Waals surface area contributed by atoms with Gasteiger partial charge in [0.1, 0.15) is 5.75 Å². The molecule has 82 valence electrons. The van der Waals surface area contributed by atoms with Crippen molar-refractivity contribution in [1.82, 2.24) is 4.98 Å². The molecule has 0 amide bonds. The van der Waals surface area contributed by atoms with Crippen molar-refractivity contribution in [3.8, 4) is 5.75 Å². The second-order valence-electron chi connectivity index (χ2n) is 2.98. The molecule has 0 aliphatic rings. The highest BCUT2D eigenvalue weighted by Crippen LogP contribution is 2.29. The van der Waals surface area contributed by atoms with Gasteiger partial charge in [-0.2, -0.15) is 0 Å². The minimum absolute atomic E-state index is 0.789. The molecule has 1 N–H and O–H groups in total. The zero-order valence-electron chi connectivity index (χ0n) is 9.52. The first-order valence-corrected chi connectivity index (χ1v) is 5.42. The summed E-state index contributed by atoms with van der Waals surface area (Å²) < 4.78 is 5.11. The third-order valence-electron chi connectivity index (χ3n) is 2.11. The molecular formula is C12H16ClNO. The number of methoxy groups -OCH3 is 1. The lowest BCUT2D eigenvalue weighted by atomic mass is 10.2. The Bertz CT molecular complexity index is 448. The van der Waals surface area contributed by atoms with Crippen LogP contribution in [0.1, 0.15) is 19.5 Å². The molecule has 0 spiro atoms. The van der Waals surface area contributed by atoms with Crippen LogP contribution in [0.4, 0.5) is 0 Å². The minimum atomic E-state index is 0.789. The van der Waals surface area contributed by atoms with E-state index in [0.29, 0.717) is 0 Å². The van der Waals surface area contributed by atoms with Gasteiger partial charge < -0.3 is 9.72 Å². The van der Waals surface area contributed by atoms with Gasteiger partial charge in [-0.25, -0.2) is 0 Å². The van der Waals surface area contributed by atoms with Crippen LogP contribution in [0.25, 0.3) is 10.9 Å². The molecule has 0 unspecified atom stereocenters. The fourth-order valence-corrected chi connectivity index (χ4v) is 1.62. The first-order valence-electron chi connectivity index (χ1n) is 5.04. The lowest BCUT2D eigenvalue weighted by Gasteiger charge is -1.97. The van der Waals surface area contributed by atoms with Crippen molar-refractivity contribution < 1.29 is 4.74 Å². The van der Waals surface area contributed by atoms with E-state index in [2.05, 4.69) is 4.98 Å². The van der Waals surface area contributed by atoms with Crippen LogP contribution >= 0.6 is 11.6 Å². The van der Waals surface area contributed by atoms with E-state index in [9.17, 15) is 0 Å². The number of benzene rings is 1. The predicted octanol–water partition coefficient (Wildman–Crippen LogP) is 4.16. The van der Waals surface area contributed by atoms with Crippen molar-refractivity contribution >= 4 is 22.5 Å². The van der Waals surface area contributed by atoms with E-state index >= 15 is 0 Å². The number of aromatic nitrogens is 1. The van der Waals surface area contributed by atoms with Crippen LogP contribution in [0.5, 0.6) is 5.75 Å². The van der Waals surface area contributed by atoms with Gasteiger partial charge in [0.15, 0.2) is 0 Å². The predicted molar refractivity (Wildman–Crippen MR) is 65.9 cm³/mol. The highest BCUT2D eigenvalue weighted by molar-refractivity contribution is 6.36. The number of halogens is 1. The average Bonchev–Trinajstić information content (AvgIpc) is 2.57. The minimum Gasteiger partial charge on any atom is -0.497 e. The van der Waals surface area contributed by atoms with Crippen LogP contribution in [-0.4, -0.2) is 12.1 Å². The van der Waals surface area contributed by atoms with Gasteiger partial charge in [0.05, 0.1) is 17.6 Å². The second kappa shape index (κ2) is 5.08. The molecule has 0 atom stereocenters. The number of H-pyrrole nitrogens is 1. The topological polar surface area (TPSA) is 25.0 Å². The molecule has 0 fully saturated rings. The van der Waals surface area contributed by atoms with E-state index in [1.54, 1.807) is 7.11 Å². The summed E-state index contributed by atoms with van der Waals surface area (Å²) in [7, 11) is 1.65. The van der Waals surface area contributed by atoms with Crippen molar-refractivity contribution in [3.05, 3.63) is 28.9 Å². The number of hydrogen-bond acceptors (Lipinski definition) is 1. The Morgan fingerprint density at radius 2 is 1.93 bits per heavy atom. The Kier molecular flexibility index (Phi) is 4.04. The first-order chi connectivity index (χ1) is 7.22. The molecule has 0 aliphatic heterocycles. The van der Waals surface area contributed by atoms with Crippen LogP contribution in [0.3, 0.4) is 0 Å². The van der Waals surface area contributed by atoms with Crippen molar-refractivity contribution in [2.75, 3.05) is 7.11 Å². The van der Waals surface area contributed by atoms with E-state index in [-0.39, 0.29) is 0 Å². The van der Waals surface area contributed by atoms with Crippen LogP contribution in [0, 0.1) is 6.92 Å². The molecule has 15 heavy (non-hydrogen) atoms. The fraction of sp³-hybridized carbons (Fsp3) is 0.333. The molecular weight excluding hydrogens is 210 g/mol. The summed E-state index contributed by atoms with van der Waals surface area (Å²) in [5.41, 5.74) is 2.01. The monoisotopic (exact) mass is 225 g/mol. The molecule has 2 nitrogen and oxygen atoms in total. The van der Waals surface area contributed by atoms with E-state index in [0.717, 1.165) is 27.4 Å². The van der Waals surface area contributed by atoms with Crippen LogP contribution in [-0.2, 0) is 0 Å². The largest absolute Gasteiger partial charge is 0.497 e. The van der Waals surface area contributed by atoms with Crippen molar-refractivity contribution in [2.24, 2.45) is 0 Å². The van der Waals surface area contributed by atoms with Crippen molar-refractivity contribution in [2.45, 2.75) is 20.8 Å². The molecule has 2 rings (SSSR count). The van der Waals surface area contributed by atoms with E-state index in [1.807, 2.05) is 39.0 Å². The molecule has 3 heteroatoms. The summed E-state index contributed by atoms with van der Waals surface area (Å²) >= 11 is 6.07. The Morgan fingerprint density at radius 3 is 2.53 bits per heavy atom. The lowest BCUT2D eigenvalue weighted by Crippen LogP contribution is -1.80. The molecule has 0 saturated heterocycles. The third-order valence-corrected chi connectivity index (χ3v) is 2.60. The van der Waals surface area contributed by atoms with Crippen molar-refractivity contribution in [3.63, 3.8) is 0 Å². The van der Waals surface area contributed by atoms with Crippen molar-refractivity contribution in [1.29, 1.82) is 0 Å². The number of ether oxygens (including phenoxy) is 1. The number of rotatable bonds is 1. The summed E-state index contributed by atoms with van der Waals surface area (Å²) in [5, 5.41) is 1.83. The summed E-state index contributed by atoms with van der Waals surface area (Å²) in [6, 6.07) is 5.80. The maximum atomic E-state index is 6.07. The first kappa shape index (κ1) is 11.9. The zero-order valence-corrected chi connectivity index (χ0v) is 10.3. The van der Waals surface area contributed by atoms with E-state index in [1.165, 1.54) is 0 Å². The molecule has 0 bridgehead atoms. The Hall–Kier alpha value is -1.15. The maximum absolute atomic E-state index is 6.07. The Labute approximate surface area is 95.2 Å². The molecule has 0 aliphatic carbocycles. The smallest absolute Gasteiger partial charge is 0.120 e. The van der Waals surface area contributed by atoms with Gasteiger partial charge in [-0.15, -0.1) is 0 Å². The fourth-order valence-electron chi connectivity index (χ4n) is 1.40. The standard InChI is InChI=1S/C10H10ClNO.C2H6/c1-6-10(11)8-4-3-7(13-2)5-9(8)12-6;1-2/h3-5,12H,1-2H3;1-2H3. The van der Waals surface area contributed by atoms with Gasteiger partial charge in [-0.3, -0.25) is 0 Å². The van der Waals surface area contributed by atoms with Gasteiger partial charge in [0.25, 0.3) is 0 Å². The molecule has 1 aromatic heterocycles. The van der Waals surface area contributed by atoms with E-state index < -0.39 is 0 Å². The highest BCUT2D eigenvalue weighted by atomic mass is 35.5. The molecule has 0 saturated carbocycles. The van der Waals surface area contributed by atoms with Crippen LogP contribution in [0.2, 0.25) is 5.02 Å². The summed E-state index contributed by atoms with van der Waals surface area (Å²) in [6.07, 6.45) is 0. The second-order valence-corrected chi connectivity index (χ2v) is 3.35. The number of hydrogen-bond donors (Lipinski definition) is 1. The zero-order chi connectivity index (χ0) is 11.4. The SMILES string of the molecule is CC.COc1ccc2c(Cl)c(C)[nH]c2c1. The Morgan fingerprint density at radius 1 is 1.27 bits per heavy atom. The number of fused-ring (bicyclic) bond motifs is 1. The number of nitrogens with one attached hydrogen (secondary N) is 1.